The summed E-state index contributed by atoms with van der Waals surface area (Å²) in [5, 5.41) is 13.5. The standard InChI is InChI=1S/C25H27N3O8.C5H10O/c1-15-8-4-6-10-19(15)28(13-21(30)27-17(14-29)12-22(31)32)25(35)16(2)26-24(34)23(33)18-9-5-7-11-20(18)36-3;1-4(2)5(3)6/h4-11,14,16-17H,12-13H2,1-3H3,(H,26,34)(H,27,30)(H,31,32);4H,1-3H3. The summed E-state index contributed by atoms with van der Waals surface area (Å²) in [7, 11) is 1.35. The molecule has 2 rings (SSSR count). The number of carbonyl (C=O) groups excluding carboxylic acids is 6. The number of nitrogens with zero attached hydrogens (tertiary/aromatic N) is 1. The zero-order chi connectivity index (χ0) is 32.0. The van der Waals surface area contributed by atoms with Gasteiger partial charge in [-0.15, -0.1) is 0 Å². The lowest BCUT2D eigenvalue weighted by Crippen LogP contribution is -2.52. The number of benzene rings is 2. The molecule has 0 spiro atoms. The van der Waals surface area contributed by atoms with Crippen molar-refractivity contribution in [3.8, 4) is 5.75 Å². The van der Waals surface area contributed by atoms with Gasteiger partial charge in [-0.3, -0.25) is 28.8 Å². The van der Waals surface area contributed by atoms with Crippen LogP contribution in [0.1, 0.15) is 50.0 Å². The van der Waals surface area contributed by atoms with Gasteiger partial charge in [0.25, 0.3) is 11.7 Å². The zero-order valence-corrected chi connectivity index (χ0v) is 24.5. The molecule has 42 heavy (non-hydrogen) atoms. The van der Waals surface area contributed by atoms with Crippen molar-refractivity contribution in [2.24, 2.45) is 5.92 Å². The molecule has 2 aromatic rings. The summed E-state index contributed by atoms with van der Waals surface area (Å²) in [6, 6.07) is 10.3. The highest BCUT2D eigenvalue weighted by atomic mass is 16.5. The summed E-state index contributed by atoms with van der Waals surface area (Å²) in [5.74, 6) is -4.06. The van der Waals surface area contributed by atoms with Crippen LogP contribution >= 0.6 is 0 Å². The van der Waals surface area contributed by atoms with E-state index in [2.05, 4.69) is 10.6 Å². The highest BCUT2D eigenvalue weighted by molar-refractivity contribution is 6.43. The number of hydrogen-bond donors (Lipinski definition) is 3. The number of anilines is 1. The summed E-state index contributed by atoms with van der Waals surface area (Å²) in [6.45, 7) is 7.89. The number of para-hydroxylation sites is 2. The molecule has 2 aromatic carbocycles. The third-order valence-corrected chi connectivity index (χ3v) is 5.97. The first-order chi connectivity index (χ1) is 19.7. The first-order valence-electron chi connectivity index (χ1n) is 13.1. The minimum absolute atomic E-state index is 0.0191. The number of aldehydes is 1. The Morgan fingerprint density at radius 1 is 0.952 bits per heavy atom. The van der Waals surface area contributed by atoms with Gasteiger partial charge < -0.3 is 30.2 Å². The molecular formula is C30H37N3O9. The van der Waals surface area contributed by atoms with Gasteiger partial charge in [0, 0.05) is 11.6 Å². The lowest BCUT2D eigenvalue weighted by molar-refractivity contribution is -0.139. The number of aliphatic carboxylic acids is 1. The quantitative estimate of drug-likeness (QED) is 0.181. The van der Waals surface area contributed by atoms with Crippen LogP contribution in [0.15, 0.2) is 48.5 Å². The zero-order valence-electron chi connectivity index (χ0n) is 24.5. The number of hydrogen-bond acceptors (Lipinski definition) is 8. The number of nitrogens with one attached hydrogen (secondary N) is 2. The molecule has 0 saturated heterocycles. The van der Waals surface area contributed by atoms with E-state index in [0.717, 1.165) is 4.90 Å². The van der Waals surface area contributed by atoms with Gasteiger partial charge in [0.1, 0.15) is 30.4 Å². The second-order valence-corrected chi connectivity index (χ2v) is 9.61. The Balaban J connectivity index is 0.00000132. The molecule has 2 unspecified atom stereocenters. The minimum Gasteiger partial charge on any atom is -0.496 e. The van der Waals surface area contributed by atoms with Crippen LogP contribution in [0.2, 0.25) is 0 Å². The molecule has 0 aliphatic rings. The van der Waals surface area contributed by atoms with Gasteiger partial charge in [0.15, 0.2) is 0 Å². The van der Waals surface area contributed by atoms with Crippen LogP contribution in [0, 0.1) is 12.8 Å². The van der Waals surface area contributed by atoms with Crippen molar-refractivity contribution in [3.63, 3.8) is 0 Å². The van der Waals surface area contributed by atoms with Gasteiger partial charge in [-0.05, 0) is 44.5 Å². The van der Waals surface area contributed by atoms with Crippen molar-refractivity contribution >= 4 is 47.2 Å². The van der Waals surface area contributed by atoms with E-state index in [0.29, 0.717) is 11.3 Å². The molecular weight excluding hydrogens is 546 g/mol. The third kappa shape index (κ3) is 11.0. The first-order valence-corrected chi connectivity index (χ1v) is 13.1. The van der Waals surface area contributed by atoms with Gasteiger partial charge in [-0.2, -0.15) is 0 Å². The van der Waals surface area contributed by atoms with Crippen LogP contribution in [0.3, 0.4) is 0 Å². The van der Waals surface area contributed by atoms with E-state index in [4.69, 9.17) is 9.84 Å². The molecule has 226 valence electrons. The number of rotatable bonds is 13. The largest absolute Gasteiger partial charge is 0.496 e. The molecule has 3 amide bonds. The maximum atomic E-state index is 13.3. The number of carbonyl (C=O) groups is 7. The van der Waals surface area contributed by atoms with E-state index >= 15 is 0 Å². The van der Waals surface area contributed by atoms with Gasteiger partial charge in [0.2, 0.25) is 11.8 Å². The van der Waals surface area contributed by atoms with E-state index < -0.39 is 54.5 Å². The normalized spacial score (nSPS) is 11.6. The van der Waals surface area contributed by atoms with Gasteiger partial charge in [-0.25, -0.2) is 0 Å². The average molecular weight is 584 g/mol. The molecule has 12 heteroatoms. The first kappa shape index (κ1) is 35.2. The van der Waals surface area contributed by atoms with Crippen molar-refractivity contribution in [2.45, 2.75) is 53.1 Å². The molecule has 3 N–H and O–H groups in total. The Morgan fingerprint density at radius 3 is 2.05 bits per heavy atom. The van der Waals surface area contributed by atoms with Crippen LogP contribution < -0.4 is 20.3 Å². The summed E-state index contributed by atoms with van der Waals surface area (Å²) >= 11 is 0. The molecule has 12 nitrogen and oxygen atoms in total. The van der Waals surface area contributed by atoms with Crippen molar-refractivity contribution in [1.29, 1.82) is 0 Å². The number of methoxy groups -OCH3 is 1. The highest BCUT2D eigenvalue weighted by Gasteiger charge is 2.29. The molecule has 0 saturated carbocycles. The number of ketones is 2. The minimum atomic E-state index is -1.28. The number of ether oxygens (including phenoxy) is 1. The topological polar surface area (TPSA) is 176 Å². The van der Waals surface area contributed by atoms with Crippen molar-refractivity contribution < 1.29 is 43.4 Å². The summed E-state index contributed by atoms with van der Waals surface area (Å²) < 4.78 is 5.10. The van der Waals surface area contributed by atoms with Gasteiger partial charge >= 0.3 is 5.97 Å². The van der Waals surface area contributed by atoms with E-state index in [1.165, 1.54) is 26.2 Å². The van der Waals surface area contributed by atoms with E-state index in [1.54, 1.807) is 50.2 Å². The number of amides is 3. The molecule has 0 heterocycles. The van der Waals surface area contributed by atoms with Crippen LogP contribution in [0.25, 0.3) is 0 Å². The van der Waals surface area contributed by atoms with Crippen molar-refractivity contribution in [1.82, 2.24) is 10.6 Å². The van der Waals surface area contributed by atoms with Crippen LogP contribution in [-0.4, -0.2) is 72.4 Å². The predicted molar refractivity (Wildman–Crippen MR) is 154 cm³/mol. The van der Waals surface area contributed by atoms with Crippen molar-refractivity contribution in [2.75, 3.05) is 18.6 Å². The number of Topliss-reactive ketones (excluding diaryl/α,β-unsaturated/α-hetero) is 2. The molecule has 0 aliphatic heterocycles. The lowest BCUT2D eigenvalue weighted by atomic mass is 10.1. The average Bonchev–Trinajstić information content (AvgIpc) is 2.95. The smallest absolute Gasteiger partial charge is 0.305 e. The Labute approximate surface area is 244 Å². The SMILES string of the molecule is CC(=O)C(C)C.COc1ccccc1C(=O)C(=O)NC(C)C(=O)N(CC(=O)NC(C=O)CC(=O)O)c1ccccc1C. The molecule has 2 atom stereocenters. The predicted octanol–water partition coefficient (Wildman–Crippen LogP) is 2.11. The second kappa shape index (κ2) is 17.1. The van der Waals surface area contributed by atoms with Crippen LogP contribution in [-0.2, 0) is 28.8 Å². The number of carboxylic acid groups (broad SMARTS) is 1. The van der Waals surface area contributed by atoms with Gasteiger partial charge in [0.05, 0.1) is 25.1 Å². The van der Waals surface area contributed by atoms with Crippen molar-refractivity contribution in [3.05, 3.63) is 59.7 Å². The maximum Gasteiger partial charge on any atom is 0.305 e. The Bertz CT molecular complexity index is 1310. The number of aryl methyl sites for hydroxylation is 1. The molecule has 0 aromatic heterocycles. The Hall–Kier alpha value is -4.87. The summed E-state index contributed by atoms with van der Waals surface area (Å²) in [4.78, 5) is 84.4. The maximum absolute atomic E-state index is 13.3. The second-order valence-electron chi connectivity index (χ2n) is 9.61. The molecule has 0 fully saturated rings. The van der Waals surface area contributed by atoms with Crippen LogP contribution in [0.5, 0.6) is 5.75 Å². The lowest BCUT2D eigenvalue weighted by Gasteiger charge is -2.27. The third-order valence-electron chi connectivity index (χ3n) is 5.97. The Kier molecular flexibility index (Phi) is 14.3. The molecule has 0 aliphatic carbocycles. The fraction of sp³-hybridized carbons (Fsp3) is 0.367. The van der Waals surface area contributed by atoms with E-state index in [1.807, 2.05) is 13.8 Å². The number of carboxylic acids is 1. The van der Waals surface area contributed by atoms with Crippen LogP contribution in [0.4, 0.5) is 5.69 Å². The van der Waals surface area contributed by atoms with E-state index in [-0.39, 0.29) is 29.3 Å². The van der Waals surface area contributed by atoms with Gasteiger partial charge in [-0.1, -0.05) is 44.2 Å². The monoisotopic (exact) mass is 583 g/mol. The fourth-order valence-electron chi connectivity index (χ4n) is 3.38. The summed E-state index contributed by atoms with van der Waals surface area (Å²) in [5.41, 5.74) is 1.01. The fourth-order valence-corrected chi connectivity index (χ4v) is 3.38. The highest BCUT2D eigenvalue weighted by Crippen LogP contribution is 2.21. The summed E-state index contributed by atoms with van der Waals surface area (Å²) in [6.07, 6.45) is -0.330. The molecule has 0 radical (unpaired) electrons. The van der Waals surface area contributed by atoms with E-state index in [9.17, 15) is 33.6 Å². The Morgan fingerprint density at radius 2 is 1.52 bits per heavy atom. The molecule has 0 bridgehead atoms.